The van der Waals surface area contributed by atoms with Crippen LogP contribution in [0, 0.1) is 0 Å². The van der Waals surface area contributed by atoms with Crippen molar-refractivity contribution in [3.63, 3.8) is 0 Å². The number of carbonyl (C=O) groups is 1. The third-order valence-electron chi connectivity index (χ3n) is 5.92. The summed E-state index contributed by atoms with van der Waals surface area (Å²) in [6, 6.07) is 20.0. The first-order valence-corrected chi connectivity index (χ1v) is 9.53. The summed E-state index contributed by atoms with van der Waals surface area (Å²) >= 11 is 0. The van der Waals surface area contributed by atoms with Crippen LogP contribution in [-0.4, -0.2) is 29.6 Å². The molecule has 0 aromatic heterocycles. The second-order valence-corrected chi connectivity index (χ2v) is 7.38. The summed E-state index contributed by atoms with van der Waals surface area (Å²) in [4.78, 5) is 14.8. The van der Waals surface area contributed by atoms with Gasteiger partial charge in [0.1, 0.15) is 0 Å². The van der Waals surface area contributed by atoms with E-state index in [2.05, 4.69) is 19.1 Å². The van der Waals surface area contributed by atoms with Gasteiger partial charge in [-0.15, -0.1) is 0 Å². The molecule has 5 heteroatoms. The Balaban J connectivity index is 1.86. The second kappa shape index (κ2) is 6.99. The maximum atomic E-state index is 13.1. The fourth-order valence-corrected chi connectivity index (χ4v) is 4.41. The largest absolute Gasteiger partial charge is 0.433 e. The SMILES string of the molecule is COC12OC(=O)N(Cc3ccccc3)C1(C(C)c1ccccc1)CC=C(C)O2. The molecule has 2 heterocycles. The molecule has 0 radical (unpaired) electrons. The van der Waals surface area contributed by atoms with Crippen molar-refractivity contribution in [2.24, 2.45) is 0 Å². The smallest absolute Gasteiger partial charge is 0.416 e. The Morgan fingerprint density at radius 2 is 1.71 bits per heavy atom. The average molecular weight is 379 g/mol. The molecule has 3 atom stereocenters. The quantitative estimate of drug-likeness (QED) is 0.748. The Hall–Kier alpha value is -2.79. The molecule has 2 aromatic carbocycles. The minimum atomic E-state index is -1.49. The van der Waals surface area contributed by atoms with Crippen molar-refractivity contribution in [2.75, 3.05) is 7.11 Å². The minimum Gasteiger partial charge on any atom is -0.433 e. The summed E-state index contributed by atoms with van der Waals surface area (Å²) in [5.74, 6) is -0.896. The molecule has 0 aliphatic carbocycles. The molecule has 1 amide bonds. The van der Waals surface area contributed by atoms with E-state index in [-0.39, 0.29) is 5.92 Å². The predicted octanol–water partition coefficient (Wildman–Crippen LogP) is 4.81. The molecule has 2 aliphatic rings. The predicted molar refractivity (Wildman–Crippen MR) is 105 cm³/mol. The van der Waals surface area contributed by atoms with Crippen LogP contribution < -0.4 is 0 Å². The van der Waals surface area contributed by atoms with Crippen LogP contribution in [0.4, 0.5) is 4.79 Å². The van der Waals surface area contributed by atoms with Crippen LogP contribution in [0.3, 0.4) is 0 Å². The van der Waals surface area contributed by atoms with Crippen LogP contribution in [0.2, 0.25) is 0 Å². The van der Waals surface area contributed by atoms with Gasteiger partial charge < -0.3 is 14.2 Å². The number of carbonyl (C=O) groups excluding carboxylic acids is 1. The minimum absolute atomic E-state index is 0.0897. The summed E-state index contributed by atoms with van der Waals surface area (Å²) in [5, 5.41) is 0. The van der Waals surface area contributed by atoms with Crippen LogP contribution in [0.1, 0.15) is 37.3 Å². The highest BCUT2D eigenvalue weighted by molar-refractivity contribution is 5.73. The van der Waals surface area contributed by atoms with E-state index in [0.29, 0.717) is 18.7 Å². The fourth-order valence-electron chi connectivity index (χ4n) is 4.41. The normalized spacial score (nSPS) is 27.5. The van der Waals surface area contributed by atoms with Gasteiger partial charge in [0.2, 0.25) is 0 Å². The molecule has 2 aromatic rings. The van der Waals surface area contributed by atoms with E-state index in [9.17, 15) is 4.79 Å². The monoisotopic (exact) mass is 379 g/mol. The Labute approximate surface area is 165 Å². The standard InChI is InChI=1S/C23H25NO4/c1-17-14-15-22(18(2)20-12-8-5-9-13-20)23(26-3,27-17)28-21(25)24(22)16-19-10-6-4-7-11-19/h4-14,18H,15-16H2,1-3H3. The van der Waals surface area contributed by atoms with Gasteiger partial charge in [-0.3, -0.25) is 4.90 Å². The van der Waals surface area contributed by atoms with E-state index in [4.69, 9.17) is 14.2 Å². The van der Waals surface area contributed by atoms with Crippen LogP contribution in [-0.2, 0) is 20.8 Å². The highest BCUT2D eigenvalue weighted by Crippen LogP contribution is 2.54. The van der Waals surface area contributed by atoms with E-state index in [1.165, 1.54) is 7.11 Å². The number of hydrogen-bond acceptors (Lipinski definition) is 4. The van der Waals surface area contributed by atoms with Crippen molar-refractivity contribution < 1.29 is 19.0 Å². The lowest BCUT2D eigenvalue weighted by Gasteiger charge is -2.49. The van der Waals surface area contributed by atoms with Gasteiger partial charge in [0.15, 0.2) is 5.54 Å². The summed E-state index contributed by atoms with van der Waals surface area (Å²) < 4.78 is 17.7. The maximum absolute atomic E-state index is 13.1. The molecule has 0 spiro atoms. The van der Waals surface area contributed by atoms with E-state index >= 15 is 0 Å². The van der Waals surface area contributed by atoms with Gasteiger partial charge in [-0.1, -0.05) is 67.6 Å². The van der Waals surface area contributed by atoms with E-state index in [1.807, 2.05) is 61.5 Å². The molecule has 28 heavy (non-hydrogen) atoms. The number of ether oxygens (including phenoxy) is 3. The number of amides is 1. The number of allylic oxidation sites excluding steroid dienone is 1. The van der Waals surface area contributed by atoms with Crippen LogP contribution in [0.25, 0.3) is 0 Å². The zero-order valence-electron chi connectivity index (χ0n) is 16.4. The molecule has 5 nitrogen and oxygen atoms in total. The second-order valence-electron chi connectivity index (χ2n) is 7.38. The van der Waals surface area contributed by atoms with Gasteiger partial charge in [0.25, 0.3) is 0 Å². The zero-order valence-corrected chi connectivity index (χ0v) is 16.4. The average Bonchev–Trinajstić information content (AvgIpc) is 2.97. The highest BCUT2D eigenvalue weighted by Gasteiger charge is 2.72. The van der Waals surface area contributed by atoms with Crippen molar-refractivity contribution in [1.29, 1.82) is 0 Å². The van der Waals surface area contributed by atoms with Gasteiger partial charge in [-0.2, -0.15) is 0 Å². The molecule has 0 bridgehead atoms. The molecule has 0 saturated carbocycles. The van der Waals surface area contributed by atoms with E-state index in [1.54, 1.807) is 4.90 Å². The number of methoxy groups -OCH3 is 1. The van der Waals surface area contributed by atoms with Crippen molar-refractivity contribution >= 4 is 6.09 Å². The first-order chi connectivity index (χ1) is 13.5. The van der Waals surface area contributed by atoms with Gasteiger partial charge in [0, 0.05) is 19.4 Å². The van der Waals surface area contributed by atoms with Gasteiger partial charge in [0.05, 0.1) is 12.3 Å². The first-order valence-electron chi connectivity index (χ1n) is 9.53. The Kier molecular flexibility index (Phi) is 4.63. The lowest BCUT2D eigenvalue weighted by molar-refractivity contribution is -0.360. The van der Waals surface area contributed by atoms with Gasteiger partial charge in [-0.25, -0.2) is 4.79 Å². The number of fused-ring (bicyclic) bond motifs is 1. The molecule has 3 unspecified atom stereocenters. The van der Waals surface area contributed by atoms with E-state index < -0.39 is 17.6 Å². The Morgan fingerprint density at radius 3 is 2.36 bits per heavy atom. The maximum Gasteiger partial charge on any atom is 0.416 e. The van der Waals surface area contributed by atoms with E-state index in [0.717, 1.165) is 11.1 Å². The first kappa shape index (κ1) is 18.6. The summed E-state index contributed by atoms with van der Waals surface area (Å²) in [5.41, 5.74) is 1.28. The molecule has 1 saturated heterocycles. The molecule has 146 valence electrons. The molecule has 4 rings (SSSR count). The number of nitrogens with zero attached hydrogens (tertiary/aromatic N) is 1. The van der Waals surface area contributed by atoms with Crippen molar-refractivity contribution in [2.45, 2.75) is 44.2 Å². The summed E-state index contributed by atoms with van der Waals surface area (Å²) in [7, 11) is 1.53. The lowest BCUT2D eigenvalue weighted by Crippen LogP contribution is -2.64. The third kappa shape index (κ3) is 2.69. The fraction of sp³-hybridized carbons (Fsp3) is 0.348. The number of benzene rings is 2. The number of rotatable bonds is 5. The van der Waals surface area contributed by atoms with Crippen molar-refractivity contribution in [1.82, 2.24) is 4.90 Å². The Bertz CT molecular complexity index is 882. The van der Waals surface area contributed by atoms with Crippen LogP contribution >= 0.6 is 0 Å². The topological polar surface area (TPSA) is 48.0 Å². The van der Waals surface area contributed by atoms with Crippen molar-refractivity contribution in [3.8, 4) is 0 Å². The zero-order chi connectivity index (χ0) is 19.8. The molecular formula is C23H25NO4. The van der Waals surface area contributed by atoms with Crippen LogP contribution in [0.15, 0.2) is 72.5 Å². The van der Waals surface area contributed by atoms with Crippen LogP contribution in [0.5, 0.6) is 0 Å². The Morgan fingerprint density at radius 1 is 1.07 bits per heavy atom. The van der Waals surface area contributed by atoms with Gasteiger partial charge >= 0.3 is 12.1 Å². The highest BCUT2D eigenvalue weighted by atomic mass is 16.9. The third-order valence-corrected chi connectivity index (χ3v) is 5.92. The molecule has 0 N–H and O–H groups in total. The summed E-state index contributed by atoms with van der Waals surface area (Å²) in [6.07, 6.45) is 2.15. The summed E-state index contributed by atoms with van der Waals surface area (Å²) in [6.45, 7) is 4.37. The van der Waals surface area contributed by atoms with Crippen molar-refractivity contribution in [3.05, 3.63) is 83.6 Å². The molecule has 2 aliphatic heterocycles. The lowest BCUT2D eigenvalue weighted by atomic mass is 9.74. The number of hydrogen-bond donors (Lipinski definition) is 0. The van der Waals surface area contributed by atoms with Gasteiger partial charge in [-0.05, 0) is 24.1 Å². The molecule has 1 fully saturated rings. The molecular weight excluding hydrogens is 354 g/mol.